The lowest BCUT2D eigenvalue weighted by Gasteiger charge is -2.28. The Balaban J connectivity index is 3.89. The molecule has 0 rings (SSSR count). The van der Waals surface area contributed by atoms with Crippen LogP contribution in [-0.2, 0) is 13.3 Å². The summed E-state index contributed by atoms with van der Waals surface area (Å²) in [5.41, 5.74) is 0. The second-order valence-corrected chi connectivity index (χ2v) is 7.59. The van der Waals surface area contributed by atoms with Crippen molar-refractivity contribution in [2.24, 2.45) is 0 Å². The fourth-order valence-electron chi connectivity index (χ4n) is 2.30. The average Bonchev–Trinajstić information content (AvgIpc) is 2.39. The molecule has 4 heteroatoms. The first-order chi connectivity index (χ1) is 9.24. The van der Waals surface area contributed by atoms with Crippen LogP contribution in [0.3, 0.4) is 0 Å². The lowest BCUT2D eigenvalue weighted by molar-refractivity contribution is 0.0706. The smallest absolute Gasteiger partial charge is 0.374 e. The van der Waals surface area contributed by atoms with E-state index in [4.69, 9.17) is 13.3 Å². The second kappa shape index (κ2) is 13.1. The first-order valence-electron chi connectivity index (χ1n) is 8.16. The minimum absolute atomic E-state index is 0.683. The van der Waals surface area contributed by atoms with Gasteiger partial charge in [0.2, 0.25) is 0 Å². The zero-order valence-corrected chi connectivity index (χ0v) is 14.5. The number of unbranched alkanes of at least 4 members (excludes halogenated alkanes) is 6. The van der Waals surface area contributed by atoms with Gasteiger partial charge in [-0.25, -0.2) is 0 Å². The van der Waals surface area contributed by atoms with E-state index in [1.807, 2.05) is 20.8 Å². The van der Waals surface area contributed by atoms with Crippen LogP contribution in [0.2, 0.25) is 6.04 Å². The van der Waals surface area contributed by atoms with Crippen molar-refractivity contribution in [1.82, 2.24) is 0 Å². The van der Waals surface area contributed by atoms with Crippen molar-refractivity contribution in [1.29, 1.82) is 0 Å². The van der Waals surface area contributed by atoms with Gasteiger partial charge in [0.1, 0.15) is 0 Å². The molecule has 0 aliphatic heterocycles. The Hall–Kier alpha value is 0.0969. The van der Waals surface area contributed by atoms with Crippen molar-refractivity contribution in [3.8, 4) is 0 Å². The highest BCUT2D eigenvalue weighted by Gasteiger charge is 2.39. The lowest BCUT2D eigenvalue weighted by atomic mass is 10.1. The van der Waals surface area contributed by atoms with Crippen molar-refractivity contribution >= 4 is 8.80 Å². The molecule has 0 saturated carbocycles. The van der Waals surface area contributed by atoms with Crippen molar-refractivity contribution in [3.05, 3.63) is 0 Å². The molecular weight excluding hydrogens is 256 g/mol. The van der Waals surface area contributed by atoms with Gasteiger partial charge in [0.25, 0.3) is 0 Å². The second-order valence-electron chi connectivity index (χ2n) is 4.85. The lowest BCUT2D eigenvalue weighted by Crippen LogP contribution is -2.45. The predicted molar refractivity (Wildman–Crippen MR) is 83.4 cm³/mol. The van der Waals surface area contributed by atoms with Crippen LogP contribution in [0.5, 0.6) is 0 Å². The first-order valence-corrected chi connectivity index (χ1v) is 10.1. The van der Waals surface area contributed by atoms with Crippen LogP contribution in [0, 0.1) is 0 Å². The molecule has 0 fully saturated rings. The molecule has 0 radical (unpaired) electrons. The van der Waals surface area contributed by atoms with Gasteiger partial charge in [-0.2, -0.15) is 0 Å². The topological polar surface area (TPSA) is 27.7 Å². The zero-order valence-electron chi connectivity index (χ0n) is 13.5. The van der Waals surface area contributed by atoms with E-state index in [1.54, 1.807) is 0 Å². The molecule has 0 unspecified atom stereocenters. The van der Waals surface area contributed by atoms with Crippen LogP contribution in [0.1, 0.15) is 72.6 Å². The van der Waals surface area contributed by atoms with Gasteiger partial charge in [-0.15, -0.1) is 0 Å². The Morgan fingerprint density at radius 1 is 0.579 bits per heavy atom. The molecule has 0 saturated heterocycles. The van der Waals surface area contributed by atoms with E-state index in [9.17, 15) is 0 Å². The molecule has 0 aromatic carbocycles. The van der Waals surface area contributed by atoms with Crippen LogP contribution < -0.4 is 0 Å². The van der Waals surface area contributed by atoms with Gasteiger partial charge >= 0.3 is 8.80 Å². The van der Waals surface area contributed by atoms with E-state index in [0.29, 0.717) is 19.8 Å². The van der Waals surface area contributed by atoms with Gasteiger partial charge in [-0.05, 0) is 27.2 Å². The Bertz CT molecular complexity index is 171. The molecule has 0 N–H and O–H groups in total. The summed E-state index contributed by atoms with van der Waals surface area (Å²) in [6.45, 7) is 10.4. The average molecular weight is 291 g/mol. The molecule has 0 aliphatic rings. The van der Waals surface area contributed by atoms with E-state index in [-0.39, 0.29) is 0 Å². The van der Waals surface area contributed by atoms with Crippen molar-refractivity contribution in [2.75, 3.05) is 19.8 Å². The number of hydrogen-bond donors (Lipinski definition) is 0. The third-order valence-electron chi connectivity index (χ3n) is 3.18. The van der Waals surface area contributed by atoms with Crippen LogP contribution in [-0.4, -0.2) is 28.6 Å². The highest BCUT2D eigenvalue weighted by molar-refractivity contribution is 6.60. The molecule has 3 nitrogen and oxygen atoms in total. The van der Waals surface area contributed by atoms with E-state index in [0.717, 1.165) is 6.04 Å². The summed E-state index contributed by atoms with van der Waals surface area (Å²) in [7, 11) is -2.37. The van der Waals surface area contributed by atoms with Gasteiger partial charge in [0.05, 0.1) is 0 Å². The normalized spacial score (nSPS) is 12.0. The van der Waals surface area contributed by atoms with E-state index >= 15 is 0 Å². The quantitative estimate of drug-likeness (QED) is 0.340. The van der Waals surface area contributed by atoms with Gasteiger partial charge in [-0.3, -0.25) is 0 Å². The van der Waals surface area contributed by atoms with Gasteiger partial charge in [0, 0.05) is 25.9 Å². The standard InChI is InChI=1S/C15H34O3Si/c1-5-9-10-11-12-13-14-15-19(16-6-2,17-7-3)18-8-4/h5-15H2,1-4H3. The third-order valence-corrected chi connectivity index (χ3v) is 6.33. The summed E-state index contributed by atoms with van der Waals surface area (Å²) in [5.74, 6) is 0. The predicted octanol–water partition coefficient (Wildman–Crippen LogP) is 4.79. The summed E-state index contributed by atoms with van der Waals surface area (Å²) in [4.78, 5) is 0. The maximum atomic E-state index is 5.85. The van der Waals surface area contributed by atoms with Crippen LogP contribution in [0.25, 0.3) is 0 Å². The van der Waals surface area contributed by atoms with Crippen molar-refractivity contribution in [3.63, 3.8) is 0 Å². The van der Waals surface area contributed by atoms with Crippen LogP contribution in [0.15, 0.2) is 0 Å². The van der Waals surface area contributed by atoms with Gasteiger partial charge in [-0.1, -0.05) is 45.4 Å². The molecule has 0 bridgehead atoms. The highest BCUT2D eigenvalue weighted by atomic mass is 28.4. The Morgan fingerprint density at radius 2 is 1.00 bits per heavy atom. The SMILES string of the molecule is CCCCCCCCC[Si](OCC)(OCC)OCC. The monoisotopic (exact) mass is 290 g/mol. The molecule has 19 heavy (non-hydrogen) atoms. The van der Waals surface area contributed by atoms with Gasteiger partial charge in [0.15, 0.2) is 0 Å². The summed E-state index contributed by atoms with van der Waals surface area (Å²) < 4.78 is 17.5. The van der Waals surface area contributed by atoms with Crippen LogP contribution >= 0.6 is 0 Å². The van der Waals surface area contributed by atoms with Crippen LogP contribution in [0.4, 0.5) is 0 Å². The molecule has 0 heterocycles. The summed E-state index contributed by atoms with van der Waals surface area (Å²) in [6, 6.07) is 0.969. The molecular formula is C15H34O3Si. The summed E-state index contributed by atoms with van der Waals surface area (Å²) in [6.07, 6.45) is 9.19. The van der Waals surface area contributed by atoms with Gasteiger partial charge < -0.3 is 13.3 Å². The fourth-order valence-corrected chi connectivity index (χ4v) is 4.99. The summed E-state index contributed by atoms with van der Waals surface area (Å²) >= 11 is 0. The highest BCUT2D eigenvalue weighted by Crippen LogP contribution is 2.20. The number of rotatable bonds is 14. The minimum Gasteiger partial charge on any atom is -0.374 e. The van der Waals surface area contributed by atoms with Crippen molar-refractivity contribution < 1.29 is 13.3 Å². The first kappa shape index (κ1) is 19.1. The van der Waals surface area contributed by atoms with E-state index in [1.165, 1.54) is 44.9 Å². The molecule has 0 amide bonds. The molecule has 0 atom stereocenters. The van der Waals surface area contributed by atoms with Crippen molar-refractivity contribution in [2.45, 2.75) is 78.7 Å². The summed E-state index contributed by atoms with van der Waals surface area (Å²) in [5, 5.41) is 0. The molecule has 116 valence electrons. The van der Waals surface area contributed by atoms with E-state index in [2.05, 4.69) is 6.92 Å². The molecule has 0 aliphatic carbocycles. The fraction of sp³-hybridized carbons (Fsp3) is 1.00. The molecule has 0 aromatic heterocycles. The molecule has 0 aromatic rings. The Morgan fingerprint density at radius 3 is 1.42 bits per heavy atom. The van der Waals surface area contributed by atoms with E-state index < -0.39 is 8.80 Å². The maximum absolute atomic E-state index is 5.85. The maximum Gasteiger partial charge on any atom is 0.500 e. The Labute approximate surface area is 121 Å². The number of hydrogen-bond acceptors (Lipinski definition) is 3. The largest absolute Gasteiger partial charge is 0.500 e. The molecule has 0 spiro atoms. The minimum atomic E-state index is -2.37. The Kier molecular flexibility index (Phi) is 13.2. The third kappa shape index (κ3) is 9.60. The zero-order chi connectivity index (χ0) is 14.4.